The quantitative estimate of drug-likeness (QED) is 0.598. The van der Waals surface area contributed by atoms with Gasteiger partial charge in [0.2, 0.25) is 0 Å². The molecule has 1 amide bonds. The molecule has 3 rings (SSSR count). The lowest BCUT2D eigenvalue weighted by Gasteiger charge is -2.53. The number of ether oxygens (including phenoxy) is 1. The molecule has 1 saturated heterocycles. The number of carbonyl (C=O) groups is 1. The van der Waals surface area contributed by atoms with Crippen molar-refractivity contribution >= 4 is 6.09 Å². The van der Waals surface area contributed by atoms with Crippen LogP contribution in [-0.2, 0) is 4.74 Å². The van der Waals surface area contributed by atoms with Gasteiger partial charge in [-0.25, -0.2) is 4.79 Å². The van der Waals surface area contributed by atoms with E-state index in [-0.39, 0.29) is 12.0 Å². The molecule has 2 saturated carbocycles. The zero-order valence-electron chi connectivity index (χ0n) is 17.3. The molecular formula is C21H37NO5. The summed E-state index contributed by atoms with van der Waals surface area (Å²) in [6, 6.07) is 0. The third kappa shape index (κ3) is 3.60. The number of rotatable bonds is 0. The lowest BCUT2D eigenvalue weighted by molar-refractivity contribution is -0.197. The summed E-state index contributed by atoms with van der Waals surface area (Å²) in [5.41, 5.74) is -2.48. The van der Waals surface area contributed by atoms with Gasteiger partial charge in [0.1, 0.15) is 5.60 Å². The van der Waals surface area contributed by atoms with Crippen molar-refractivity contribution in [1.82, 2.24) is 4.90 Å². The summed E-state index contributed by atoms with van der Waals surface area (Å²) in [6.07, 6.45) is 2.72. The predicted octanol–water partition coefficient (Wildman–Crippen LogP) is 2.69. The SMILES string of the molecule is C[C@@H]1CC2C[C@@H](O)[C@]3(O)CCCN(C(=O)OC(C)(C)C)CCC[C@@]23[C@@H](O)C1. The van der Waals surface area contributed by atoms with E-state index in [0.29, 0.717) is 57.5 Å². The highest BCUT2D eigenvalue weighted by Crippen LogP contribution is 2.62. The van der Waals surface area contributed by atoms with Crippen LogP contribution in [0.25, 0.3) is 0 Å². The monoisotopic (exact) mass is 383 g/mol. The van der Waals surface area contributed by atoms with Crippen molar-refractivity contribution in [1.29, 1.82) is 0 Å². The van der Waals surface area contributed by atoms with Crippen molar-refractivity contribution in [2.45, 2.75) is 96.1 Å². The van der Waals surface area contributed by atoms with Crippen LogP contribution in [0.15, 0.2) is 0 Å². The van der Waals surface area contributed by atoms with Gasteiger partial charge in [-0.05, 0) is 77.6 Å². The third-order valence-corrected chi connectivity index (χ3v) is 7.16. The van der Waals surface area contributed by atoms with E-state index in [2.05, 4.69) is 6.92 Å². The second-order valence-electron chi connectivity index (χ2n) is 10.2. The van der Waals surface area contributed by atoms with Crippen LogP contribution >= 0.6 is 0 Å². The van der Waals surface area contributed by atoms with Crippen LogP contribution in [0.2, 0.25) is 0 Å². The molecule has 27 heavy (non-hydrogen) atoms. The molecule has 6 nitrogen and oxygen atoms in total. The number of amides is 1. The topological polar surface area (TPSA) is 90.2 Å². The van der Waals surface area contributed by atoms with Crippen molar-refractivity contribution in [2.75, 3.05) is 13.1 Å². The molecule has 0 aromatic carbocycles. The lowest BCUT2D eigenvalue weighted by Crippen LogP contribution is -2.60. The molecule has 1 unspecified atom stereocenters. The van der Waals surface area contributed by atoms with E-state index in [1.807, 2.05) is 20.8 Å². The van der Waals surface area contributed by atoms with Gasteiger partial charge in [0.25, 0.3) is 0 Å². The van der Waals surface area contributed by atoms with Gasteiger partial charge in [-0.15, -0.1) is 0 Å². The van der Waals surface area contributed by atoms with E-state index < -0.39 is 28.8 Å². The van der Waals surface area contributed by atoms with Crippen LogP contribution in [0.5, 0.6) is 0 Å². The number of aliphatic hydroxyl groups excluding tert-OH is 2. The van der Waals surface area contributed by atoms with Crippen LogP contribution in [0.4, 0.5) is 4.79 Å². The average molecular weight is 384 g/mol. The Bertz CT molecular complexity index is 561. The van der Waals surface area contributed by atoms with E-state index in [9.17, 15) is 20.1 Å². The molecule has 6 atom stereocenters. The van der Waals surface area contributed by atoms with Crippen LogP contribution in [0.1, 0.15) is 72.6 Å². The summed E-state index contributed by atoms with van der Waals surface area (Å²) in [5, 5.41) is 33.5. The second kappa shape index (κ2) is 7.20. The maximum absolute atomic E-state index is 12.5. The lowest BCUT2D eigenvalue weighted by atomic mass is 9.55. The number of hydrogen-bond donors (Lipinski definition) is 3. The molecule has 0 aromatic rings. The smallest absolute Gasteiger partial charge is 0.410 e. The third-order valence-electron chi connectivity index (χ3n) is 7.16. The average Bonchev–Trinajstić information content (AvgIpc) is 2.77. The van der Waals surface area contributed by atoms with E-state index >= 15 is 0 Å². The van der Waals surface area contributed by atoms with Gasteiger partial charge in [-0.2, -0.15) is 0 Å². The van der Waals surface area contributed by atoms with E-state index in [4.69, 9.17) is 4.74 Å². The minimum Gasteiger partial charge on any atom is -0.444 e. The number of nitrogens with zero attached hydrogens (tertiary/aromatic N) is 1. The molecule has 0 aromatic heterocycles. The highest BCUT2D eigenvalue weighted by molar-refractivity contribution is 5.68. The maximum atomic E-state index is 12.5. The summed E-state index contributed by atoms with van der Waals surface area (Å²) in [6.45, 7) is 8.75. The highest BCUT2D eigenvalue weighted by Gasteiger charge is 2.67. The normalized spacial score (nSPS) is 43.1. The van der Waals surface area contributed by atoms with Crippen LogP contribution in [-0.4, -0.2) is 62.8 Å². The molecule has 1 heterocycles. The molecule has 3 N–H and O–H groups in total. The zero-order chi connectivity index (χ0) is 20.0. The standard InChI is InChI=1S/C21H37NO5/c1-14-11-15-13-17(24)21(26)8-6-10-22(18(25)27-19(2,3)4)9-5-7-20(15,21)16(23)12-14/h14-17,23-24,26H,5-13H2,1-4H3/t14-,15?,16+,17-,20+,21-/m1/s1. The Morgan fingerprint density at radius 2 is 1.67 bits per heavy atom. The minimum absolute atomic E-state index is 0.129. The first-order valence-corrected chi connectivity index (χ1v) is 10.6. The molecule has 2 aliphatic carbocycles. The van der Waals surface area contributed by atoms with Crippen molar-refractivity contribution in [2.24, 2.45) is 17.3 Å². The molecule has 3 aliphatic rings. The highest BCUT2D eigenvalue weighted by atomic mass is 16.6. The van der Waals surface area contributed by atoms with Crippen molar-refractivity contribution in [3.8, 4) is 0 Å². The molecule has 0 radical (unpaired) electrons. The molecule has 3 fully saturated rings. The van der Waals surface area contributed by atoms with Gasteiger partial charge in [0, 0.05) is 18.5 Å². The van der Waals surface area contributed by atoms with Gasteiger partial charge in [-0.3, -0.25) is 0 Å². The Hall–Kier alpha value is -0.850. The number of carbonyl (C=O) groups excluding carboxylic acids is 1. The minimum atomic E-state index is -1.28. The summed E-state index contributed by atoms with van der Waals surface area (Å²) in [5.74, 6) is 0.528. The summed E-state index contributed by atoms with van der Waals surface area (Å²) in [7, 11) is 0. The fraction of sp³-hybridized carbons (Fsp3) is 0.952. The van der Waals surface area contributed by atoms with Gasteiger partial charge in [0.05, 0.1) is 17.8 Å². The van der Waals surface area contributed by atoms with E-state index in [1.165, 1.54) is 0 Å². The Morgan fingerprint density at radius 3 is 2.30 bits per heavy atom. The van der Waals surface area contributed by atoms with Crippen molar-refractivity contribution in [3.05, 3.63) is 0 Å². The Labute approximate surface area is 162 Å². The van der Waals surface area contributed by atoms with Crippen LogP contribution in [0, 0.1) is 17.3 Å². The summed E-state index contributed by atoms with van der Waals surface area (Å²) < 4.78 is 5.52. The Morgan fingerprint density at radius 1 is 1.04 bits per heavy atom. The van der Waals surface area contributed by atoms with E-state index in [1.54, 1.807) is 4.90 Å². The summed E-state index contributed by atoms with van der Waals surface area (Å²) >= 11 is 0. The first-order chi connectivity index (χ1) is 12.5. The fourth-order valence-electron chi connectivity index (χ4n) is 6.09. The molecule has 6 heteroatoms. The zero-order valence-corrected chi connectivity index (χ0v) is 17.3. The van der Waals surface area contributed by atoms with Crippen molar-refractivity contribution in [3.63, 3.8) is 0 Å². The molecule has 1 aliphatic heterocycles. The predicted molar refractivity (Wildman–Crippen MR) is 102 cm³/mol. The molecule has 1 spiro atoms. The Balaban J connectivity index is 1.82. The van der Waals surface area contributed by atoms with Gasteiger partial charge in [-0.1, -0.05) is 6.92 Å². The molecule has 156 valence electrons. The first kappa shape index (κ1) is 20.9. The maximum Gasteiger partial charge on any atom is 0.410 e. The largest absolute Gasteiger partial charge is 0.444 e. The van der Waals surface area contributed by atoms with E-state index in [0.717, 1.165) is 6.42 Å². The van der Waals surface area contributed by atoms with Gasteiger partial charge in [0.15, 0.2) is 0 Å². The fourth-order valence-corrected chi connectivity index (χ4v) is 6.09. The van der Waals surface area contributed by atoms with Gasteiger partial charge < -0.3 is 25.0 Å². The van der Waals surface area contributed by atoms with Gasteiger partial charge >= 0.3 is 6.09 Å². The number of aliphatic hydroxyl groups is 3. The van der Waals surface area contributed by atoms with Crippen LogP contribution in [0.3, 0.4) is 0 Å². The Kier molecular flexibility index (Phi) is 5.56. The number of hydrogen-bond acceptors (Lipinski definition) is 5. The van der Waals surface area contributed by atoms with Crippen molar-refractivity contribution < 1.29 is 24.9 Å². The molecule has 0 bridgehead atoms. The summed E-state index contributed by atoms with van der Waals surface area (Å²) in [4.78, 5) is 14.2. The molecular weight excluding hydrogens is 346 g/mol. The first-order valence-electron chi connectivity index (χ1n) is 10.6. The van der Waals surface area contributed by atoms with Crippen LogP contribution < -0.4 is 0 Å². The second-order valence-corrected chi connectivity index (χ2v) is 10.2.